The lowest BCUT2D eigenvalue weighted by molar-refractivity contribution is -0.0260. The Morgan fingerprint density at radius 1 is 1.45 bits per heavy atom. The third-order valence-corrected chi connectivity index (χ3v) is 4.08. The van der Waals surface area contributed by atoms with Gasteiger partial charge in [-0.05, 0) is 26.8 Å². The average Bonchev–Trinajstić information content (AvgIpc) is 3.22. The molecule has 1 aromatic heterocycles. The lowest BCUT2D eigenvalue weighted by atomic mass is 10.1. The summed E-state index contributed by atoms with van der Waals surface area (Å²) in [5.74, 6) is 2.17. The average molecular weight is 297 g/mol. The van der Waals surface area contributed by atoms with Crippen LogP contribution in [0.2, 0.25) is 5.15 Å². The number of ether oxygens (including phenoxy) is 1. The van der Waals surface area contributed by atoms with Crippen LogP contribution in [0.4, 0.5) is 5.82 Å². The van der Waals surface area contributed by atoms with E-state index in [0.717, 1.165) is 31.3 Å². The Hall–Kier alpha value is -0.910. The van der Waals surface area contributed by atoms with Crippen LogP contribution in [0.3, 0.4) is 0 Å². The molecule has 2 fully saturated rings. The Morgan fingerprint density at radius 2 is 2.25 bits per heavy atom. The number of morpholine rings is 1. The minimum atomic E-state index is 0.173. The maximum atomic E-state index is 6.08. The summed E-state index contributed by atoms with van der Waals surface area (Å²) in [5, 5.41) is 3.92. The van der Waals surface area contributed by atoms with E-state index in [-0.39, 0.29) is 12.1 Å². The minimum Gasteiger partial charge on any atom is -0.373 e. The monoisotopic (exact) mass is 296 g/mol. The number of halogens is 1. The Kier molecular flexibility index (Phi) is 4.10. The van der Waals surface area contributed by atoms with E-state index >= 15 is 0 Å². The number of rotatable bonds is 4. The highest BCUT2D eigenvalue weighted by Gasteiger charge is 2.28. The first kappa shape index (κ1) is 14.0. The Bertz CT molecular complexity index is 480. The molecular formula is C14H21ClN4O. The molecule has 2 aliphatic rings. The number of hydrogen-bond donors (Lipinski definition) is 1. The SMILES string of the molecule is CC(Nc1cc(Cl)nc(C2CC2)n1)C1CN(C)CCO1. The van der Waals surface area contributed by atoms with Crippen molar-refractivity contribution >= 4 is 17.4 Å². The zero-order valence-corrected chi connectivity index (χ0v) is 12.7. The molecule has 1 N–H and O–H groups in total. The molecule has 1 saturated heterocycles. The van der Waals surface area contributed by atoms with Gasteiger partial charge in [-0.1, -0.05) is 11.6 Å². The smallest absolute Gasteiger partial charge is 0.135 e. The number of anilines is 1. The van der Waals surface area contributed by atoms with E-state index in [0.29, 0.717) is 11.1 Å². The molecule has 2 unspecified atom stereocenters. The Morgan fingerprint density at radius 3 is 2.95 bits per heavy atom. The molecule has 0 bridgehead atoms. The van der Waals surface area contributed by atoms with Gasteiger partial charge in [0.2, 0.25) is 0 Å². The van der Waals surface area contributed by atoms with Crippen LogP contribution in [0.1, 0.15) is 31.5 Å². The first-order valence-corrected chi connectivity index (χ1v) is 7.61. The molecule has 0 radical (unpaired) electrons. The van der Waals surface area contributed by atoms with Gasteiger partial charge in [0.25, 0.3) is 0 Å². The van der Waals surface area contributed by atoms with Crippen molar-refractivity contribution in [1.29, 1.82) is 0 Å². The fraction of sp³-hybridized carbons (Fsp3) is 0.714. The standard InChI is InChI=1S/C14H21ClN4O/c1-9(11-8-19(2)5-6-20-11)16-13-7-12(15)17-14(18-13)10-3-4-10/h7,9-11H,3-6,8H2,1-2H3,(H,16,17,18). The van der Waals surface area contributed by atoms with E-state index in [2.05, 4.69) is 34.2 Å². The second kappa shape index (κ2) is 5.84. The molecule has 0 spiro atoms. The lowest BCUT2D eigenvalue weighted by Gasteiger charge is -2.34. The molecule has 2 atom stereocenters. The number of aromatic nitrogens is 2. The summed E-state index contributed by atoms with van der Waals surface area (Å²) >= 11 is 6.08. The van der Waals surface area contributed by atoms with Gasteiger partial charge in [-0.25, -0.2) is 9.97 Å². The fourth-order valence-corrected chi connectivity index (χ4v) is 2.66. The summed E-state index contributed by atoms with van der Waals surface area (Å²) in [6.45, 7) is 4.83. The van der Waals surface area contributed by atoms with Crippen LogP contribution in [-0.4, -0.2) is 53.8 Å². The lowest BCUT2D eigenvalue weighted by Crippen LogP contribution is -2.47. The van der Waals surface area contributed by atoms with Crippen LogP contribution in [-0.2, 0) is 4.74 Å². The van der Waals surface area contributed by atoms with Crippen molar-refractivity contribution in [3.63, 3.8) is 0 Å². The highest BCUT2D eigenvalue weighted by molar-refractivity contribution is 6.29. The van der Waals surface area contributed by atoms with E-state index in [4.69, 9.17) is 16.3 Å². The molecule has 0 amide bonds. The predicted octanol–water partition coefficient (Wildman–Crippen LogP) is 2.14. The van der Waals surface area contributed by atoms with Crippen molar-refractivity contribution in [3.05, 3.63) is 17.0 Å². The summed E-state index contributed by atoms with van der Waals surface area (Å²) in [5.41, 5.74) is 0. The highest BCUT2D eigenvalue weighted by atomic mass is 35.5. The highest BCUT2D eigenvalue weighted by Crippen LogP contribution is 2.38. The van der Waals surface area contributed by atoms with Crippen LogP contribution in [0.15, 0.2) is 6.07 Å². The van der Waals surface area contributed by atoms with E-state index in [9.17, 15) is 0 Å². The van der Waals surface area contributed by atoms with Gasteiger partial charge < -0.3 is 15.0 Å². The summed E-state index contributed by atoms with van der Waals surface area (Å²) in [4.78, 5) is 11.2. The zero-order valence-electron chi connectivity index (χ0n) is 12.0. The van der Waals surface area contributed by atoms with Gasteiger partial charge in [0.05, 0.1) is 18.8 Å². The molecule has 1 saturated carbocycles. The predicted molar refractivity (Wildman–Crippen MR) is 79.3 cm³/mol. The topological polar surface area (TPSA) is 50.3 Å². The van der Waals surface area contributed by atoms with Crippen LogP contribution >= 0.6 is 11.6 Å². The third kappa shape index (κ3) is 3.40. The summed E-state index contributed by atoms with van der Waals surface area (Å²) < 4.78 is 5.82. The molecule has 1 aliphatic carbocycles. The number of hydrogen-bond acceptors (Lipinski definition) is 5. The molecule has 2 heterocycles. The van der Waals surface area contributed by atoms with Gasteiger partial charge in [0, 0.05) is 25.1 Å². The van der Waals surface area contributed by atoms with Gasteiger partial charge in [-0.3, -0.25) is 0 Å². The van der Waals surface area contributed by atoms with Crippen molar-refractivity contribution in [2.75, 3.05) is 32.1 Å². The van der Waals surface area contributed by atoms with Crippen LogP contribution in [0, 0.1) is 0 Å². The fourth-order valence-electron chi connectivity index (χ4n) is 2.47. The quantitative estimate of drug-likeness (QED) is 0.863. The number of nitrogens with one attached hydrogen (secondary N) is 1. The molecule has 1 aliphatic heterocycles. The van der Waals surface area contributed by atoms with Gasteiger partial charge in [0.1, 0.15) is 16.8 Å². The normalized spacial score (nSPS) is 25.4. The maximum absolute atomic E-state index is 6.08. The van der Waals surface area contributed by atoms with Crippen molar-refractivity contribution in [1.82, 2.24) is 14.9 Å². The van der Waals surface area contributed by atoms with Crippen molar-refractivity contribution in [3.8, 4) is 0 Å². The molecule has 5 nitrogen and oxygen atoms in total. The zero-order chi connectivity index (χ0) is 14.1. The third-order valence-electron chi connectivity index (χ3n) is 3.88. The van der Waals surface area contributed by atoms with Crippen molar-refractivity contribution < 1.29 is 4.74 Å². The first-order chi connectivity index (χ1) is 9.61. The Labute approximate surface area is 124 Å². The second-order valence-corrected chi connectivity index (χ2v) is 6.20. The van der Waals surface area contributed by atoms with Gasteiger partial charge in [-0.15, -0.1) is 0 Å². The second-order valence-electron chi connectivity index (χ2n) is 5.81. The summed E-state index contributed by atoms with van der Waals surface area (Å²) in [6, 6.07) is 1.98. The summed E-state index contributed by atoms with van der Waals surface area (Å²) in [7, 11) is 2.12. The molecule has 20 heavy (non-hydrogen) atoms. The molecular weight excluding hydrogens is 276 g/mol. The molecule has 110 valence electrons. The van der Waals surface area contributed by atoms with Crippen molar-refractivity contribution in [2.24, 2.45) is 0 Å². The Balaban J connectivity index is 1.67. The van der Waals surface area contributed by atoms with Gasteiger partial charge >= 0.3 is 0 Å². The van der Waals surface area contributed by atoms with Crippen LogP contribution in [0.5, 0.6) is 0 Å². The van der Waals surface area contributed by atoms with E-state index in [1.165, 1.54) is 12.8 Å². The number of nitrogens with zero attached hydrogens (tertiary/aromatic N) is 3. The van der Waals surface area contributed by atoms with Gasteiger partial charge in [0.15, 0.2) is 0 Å². The number of likely N-dealkylation sites (N-methyl/N-ethyl adjacent to an activating group) is 1. The van der Waals surface area contributed by atoms with Gasteiger partial charge in [-0.2, -0.15) is 0 Å². The first-order valence-electron chi connectivity index (χ1n) is 7.23. The van der Waals surface area contributed by atoms with E-state index in [1.807, 2.05) is 0 Å². The molecule has 3 rings (SSSR count). The van der Waals surface area contributed by atoms with Crippen LogP contribution in [0.25, 0.3) is 0 Å². The molecule has 0 aromatic carbocycles. The van der Waals surface area contributed by atoms with E-state index < -0.39 is 0 Å². The van der Waals surface area contributed by atoms with Crippen LogP contribution < -0.4 is 5.32 Å². The molecule has 1 aromatic rings. The maximum Gasteiger partial charge on any atom is 0.135 e. The minimum absolute atomic E-state index is 0.173. The van der Waals surface area contributed by atoms with E-state index in [1.54, 1.807) is 6.07 Å². The molecule has 6 heteroatoms. The largest absolute Gasteiger partial charge is 0.373 e. The van der Waals surface area contributed by atoms with Crippen molar-refractivity contribution in [2.45, 2.75) is 37.8 Å². The summed E-state index contributed by atoms with van der Waals surface area (Å²) in [6.07, 6.45) is 2.52.